The molecule has 6 unspecified atom stereocenters. The van der Waals surface area contributed by atoms with E-state index in [1.54, 1.807) is 0 Å². The molecule has 1 aromatic heterocycles. The number of aromatic nitrogens is 1. The molecule has 37 heavy (non-hydrogen) atoms. The maximum atomic E-state index is 13.5. The Morgan fingerprint density at radius 3 is 2.73 bits per heavy atom. The van der Waals surface area contributed by atoms with Crippen LogP contribution in [0.25, 0.3) is 0 Å². The van der Waals surface area contributed by atoms with E-state index in [-0.39, 0.29) is 35.5 Å². The second-order valence-electron chi connectivity index (χ2n) is 12.7. The van der Waals surface area contributed by atoms with Crippen molar-refractivity contribution in [1.82, 2.24) is 21.1 Å². The minimum Gasteiger partial charge on any atom is -0.474 e. The number of hydrogen-bond donors (Lipinski definition) is 3. The van der Waals surface area contributed by atoms with Gasteiger partial charge in [-0.3, -0.25) is 9.59 Å². The molecule has 3 aliphatic carbocycles. The average molecular weight is 533 g/mol. The molecule has 1 aromatic rings. The molecule has 0 radical (unpaired) electrons. The summed E-state index contributed by atoms with van der Waals surface area (Å²) in [6.07, 6.45) is 9.91. The predicted molar refractivity (Wildman–Crippen MR) is 144 cm³/mol. The topological polar surface area (TPSA) is 105 Å². The highest BCUT2D eigenvalue weighted by molar-refractivity contribution is 8.00. The van der Waals surface area contributed by atoms with Gasteiger partial charge in [-0.05, 0) is 87.7 Å². The highest BCUT2D eigenvalue weighted by atomic mass is 32.2. The van der Waals surface area contributed by atoms with E-state index >= 15 is 0 Å². The largest absolute Gasteiger partial charge is 0.474 e. The maximum absolute atomic E-state index is 13.5. The molecule has 8 nitrogen and oxygen atoms in total. The Bertz CT molecular complexity index is 973. The Labute approximate surface area is 225 Å². The monoisotopic (exact) mass is 532 g/mol. The van der Waals surface area contributed by atoms with Crippen LogP contribution in [-0.2, 0) is 4.79 Å². The highest BCUT2D eigenvalue weighted by Crippen LogP contribution is 2.53. The average Bonchev–Trinajstić information content (AvgIpc) is 3.54. The van der Waals surface area contributed by atoms with E-state index in [0.29, 0.717) is 35.2 Å². The summed E-state index contributed by atoms with van der Waals surface area (Å²) in [5.41, 5.74) is -0.751. The molecule has 2 amide bonds. The van der Waals surface area contributed by atoms with Gasteiger partial charge in [-0.2, -0.15) is 0 Å². The van der Waals surface area contributed by atoms with Gasteiger partial charge in [0, 0.05) is 23.9 Å². The molecule has 9 heteroatoms. The summed E-state index contributed by atoms with van der Waals surface area (Å²) in [4.78, 5) is 27.0. The fourth-order valence-corrected chi connectivity index (χ4v) is 8.00. The van der Waals surface area contributed by atoms with Crippen LogP contribution < -0.4 is 20.7 Å². The summed E-state index contributed by atoms with van der Waals surface area (Å²) in [7, 11) is 0. The third-order valence-electron chi connectivity index (χ3n) is 8.94. The second-order valence-corrected chi connectivity index (χ2v) is 14.3. The molecule has 4 aliphatic rings. The van der Waals surface area contributed by atoms with Gasteiger partial charge < -0.3 is 25.2 Å². The Kier molecular flexibility index (Phi) is 8.10. The van der Waals surface area contributed by atoms with Gasteiger partial charge in [-0.25, -0.2) is 0 Å². The second kappa shape index (κ2) is 11.2. The number of thioether (sulfide) groups is 1. The number of amides is 2. The first-order valence-electron chi connectivity index (χ1n) is 14.3. The van der Waals surface area contributed by atoms with Crippen LogP contribution >= 0.6 is 11.8 Å². The zero-order chi connectivity index (χ0) is 26.2. The van der Waals surface area contributed by atoms with Gasteiger partial charge in [-0.15, -0.1) is 11.8 Å². The molecule has 2 heterocycles. The summed E-state index contributed by atoms with van der Waals surface area (Å²) in [5.74, 6) is 3.04. The Hall–Kier alpha value is -1.74. The molecule has 206 valence electrons. The van der Waals surface area contributed by atoms with Crippen LogP contribution in [0.2, 0.25) is 0 Å². The quantitative estimate of drug-likeness (QED) is 0.384. The molecular formula is C28H44N4O4S. The summed E-state index contributed by atoms with van der Waals surface area (Å²) in [5, 5.41) is 14.2. The van der Waals surface area contributed by atoms with Crippen molar-refractivity contribution in [2.45, 2.75) is 101 Å². The number of rotatable bonds is 10. The number of fused-ring (bicyclic) bond motifs is 2. The molecule has 3 saturated carbocycles. The number of hydrogen-bond acceptors (Lipinski definition) is 7. The number of nitrogens with zero attached hydrogens (tertiary/aromatic N) is 1. The molecule has 6 atom stereocenters. The van der Waals surface area contributed by atoms with Crippen LogP contribution in [0.1, 0.15) is 89.6 Å². The zero-order valence-corrected chi connectivity index (χ0v) is 23.6. The molecule has 1 aliphatic heterocycles. The van der Waals surface area contributed by atoms with Crippen molar-refractivity contribution < 1.29 is 18.8 Å². The van der Waals surface area contributed by atoms with Crippen LogP contribution in [0, 0.1) is 29.1 Å². The first-order chi connectivity index (χ1) is 17.7. The highest BCUT2D eigenvalue weighted by Gasteiger charge is 2.49. The molecule has 1 saturated heterocycles. The first kappa shape index (κ1) is 26.9. The van der Waals surface area contributed by atoms with Crippen LogP contribution in [0.4, 0.5) is 0 Å². The van der Waals surface area contributed by atoms with Crippen molar-refractivity contribution in [3.8, 4) is 5.88 Å². The van der Waals surface area contributed by atoms with Crippen LogP contribution in [-0.4, -0.2) is 54.0 Å². The van der Waals surface area contributed by atoms with Crippen molar-refractivity contribution in [1.29, 1.82) is 0 Å². The lowest BCUT2D eigenvalue weighted by Gasteiger charge is -2.29. The summed E-state index contributed by atoms with van der Waals surface area (Å²) in [6.45, 7) is 9.64. The SMILES string of the molecule is CC(C)Sc1c(OCC(C)(C)C(=O)NCC2CCCN2)noc1C(=O)NC1C2CC3CCCC1C(C3)C2. The van der Waals surface area contributed by atoms with E-state index in [4.69, 9.17) is 9.26 Å². The maximum Gasteiger partial charge on any atom is 0.291 e. The van der Waals surface area contributed by atoms with Crippen LogP contribution in [0.5, 0.6) is 5.88 Å². The summed E-state index contributed by atoms with van der Waals surface area (Å²) >= 11 is 1.52. The van der Waals surface area contributed by atoms with Crippen LogP contribution in [0.3, 0.4) is 0 Å². The molecule has 3 bridgehead atoms. The van der Waals surface area contributed by atoms with Crippen molar-refractivity contribution >= 4 is 23.6 Å². The molecule has 3 N–H and O–H groups in total. The van der Waals surface area contributed by atoms with Crippen molar-refractivity contribution in [2.24, 2.45) is 29.1 Å². The third kappa shape index (κ3) is 5.97. The summed E-state index contributed by atoms with van der Waals surface area (Å²) < 4.78 is 11.7. The van der Waals surface area contributed by atoms with E-state index in [0.717, 1.165) is 31.2 Å². The first-order valence-corrected chi connectivity index (χ1v) is 15.2. The van der Waals surface area contributed by atoms with E-state index < -0.39 is 5.41 Å². The van der Waals surface area contributed by atoms with Crippen LogP contribution in [0.15, 0.2) is 9.42 Å². The smallest absolute Gasteiger partial charge is 0.291 e. The van der Waals surface area contributed by atoms with E-state index in [2.05, 4.69) is 35.0 Å². The molecule has 4 fully saturated rings. The number of nitrogens with one attached hydrogen (secondary N) is 3. The summed E-state index contributed by atoms with van der Waals surface area (Å²) in [6, 6.07) is 0.566. The Morgan fingerprint density at radius 1 is 1.16 bits per heavy atom. The van der Waals surface area contributed by atoms with E-state index in [9.17, 15) is 9.59 Å². The predicted octanol–water partition coefficient (Wildman–Crippen LogP) is 4.39. The molecule has 0 aromatic carbocycles. The van der Waals surface area contributed by atoms with Gasteiger partial charge in [0.25, 0.3) is 11.8 Å². The third-order valence-corrected chi connectivity index (χ3v) is 10.0. The molecule has 5 rings (SSSR count). The van der Waals surface area contributed by atoms with Gasteiger partial charge in [0.2, 0.25) is 11.7 Å². The van der Waals surface area contributed by atoms with Gasteiger partial charge in [0.1, 0.15) is 11.5 Å². The lowest BCUT2D eigenvalue weighted by Crippen LogP contribution is -2.45. The number of carbonyl (C=O) groups is 2. The minimum absolute atomic E-state index is 0.0566. The minimum atomic E-state index is -0.751. The lowest BCUT2D eigenvalue weighted by atomic mass is 9.79. The van der Waals surface area contributed by atoms with Crippen molar-refractivity contribution in [3.05, 3.63) is 5.76 Å². The lowest BCUT2D eigenvalue weighted by molar-refractivity contribution is -0.131. The van der Waals surface area contributed by atoms with Gasteiger partial charge in [-0.1, -0.05) is 26.7 Å². The van der Waals surface area contributed by atoms with E-state index in [1.165, 1.54) is 50.3 Å². The zero-order valence-electron chi connectivity index (χ0n) is 22.8. The normalized spacial score (nSPS) is 30.9. The fourth-order valence-electron chi connectivity index (χ4n) is 7.10. The van der Waals surface area contributed by atoms with Gasteiger partial charge in [0.05, 0.1) is 5.41 Å². The van der Waals surface area contributed by atoms with Crippen molar-refractivity contribution in [2.75, 3.05) is 19.7 Å². The molecular weight excluding hydrogens is 488 g/mol. The van der Waals surface area contributed by atoms with Gasteiger partial charge in [0.15, 0.2) is 0 Å². The van der Waals surface area contributed by atoms with E-state index in [1.807, 2.05) is 13.8 Å². The number of carbonyl (C=O) groups excluding carboxylic acids is 2. The Morgan fingerprint density at radius 2 is 1.97 bits per heavy atom. The number of ether oxygens (including phenoxy) is 1. The fraction of sp³-hybridized carbons (Fsp3) is 0.821. The standard InChI is InChI=1S/C28H44N4O4S/c1-16(2)37-24-23(25(33)31-22-19-12-17-7-5-9-21(22)18(11-17)13-19)36-32-26(24)35-15-28(3,4)27(34)30-14-20-8-6-10-29-20/h16-22,29H,5-15H2,1-4H3,(H,30,34)(H,31,33). The Balaban J connectivity index is 1.24. The van der Waals surface area contributed by atoms with Crippen molar-refractivity contribution in [3.63, 3.8) is 0 Å². The molecule has 0 spiro atoms. The van der Waals surface area contributed by atoms with Gasteiger partial charge >= 0.3 is 0 Å².